The number of carbonyl (C=O) groups excluding carboxylic acids is 1. The molecule has 0 atom stereocenters. The van der Waals surface area contributed by atoms with Crippen molar-refractivity contribution in [3.05, 3.63) is 82.9 Å². The molecule has 0 saturated heterocycles. The first kappa shape index (κ1) is 16.5. The van der Waals surface area contributed by atoms with E-state index < -0.39 is 6.09 Å². The number of para-hydroxylation sites is 1. The average molecular weight is 366 g/mol. The van der Waals surface area contributed by atoms with Gasteiger partial charge in [-0.25, -0.2) is 4.79 Å². The monoisotopic (exact) mass is 365 g/mol. The normalized spacial score (nSPS) is 12.3. The molecular formula is C21H16ClNO3. The van der Waals surface area contributed by atoms with Gasteiger partial charge in [0.05, 0.1) is 10.7 Å². The maximum Gasteiger partial charge on any atom is 0.411 e. The molecule has 0 radical (unpaired) electrons. The van der Waals surface area contributed by atoms with E-state index in [1.807, 2.05) is 24.3 Å². The highest BCUT2D eigenvalue weighted by molar-refractivity contribution is 6.32. The van der Waals surface area contributed by atoms with Crippen molar-refractivity contribution in [2.45, 2.75) is 5.92 Å². The maximum atomic E-state index is 12.2. The number of rotatable bonds is 3. The van der Waals surface area contributed by atoms with Crippen LogP contribution in [0.2, 0.25) is 5.02 Å². The molecule has 0 bridgehead atoms. The number of hydrogen-bond acceptors (Lipinski definition) is 3. The van der Waals surface area contributed by atoms with Crippen LogP contribution in [0.5, 0.6) is 5.75 Å². The first-order chi connectivity index (χ1) is 12.6. The molecule has 0 unspecified atom stereocenters. The van der Waals surface area contributed by atoms with Crippen LogP contribution >= 0.6 is 11.6 Å². The second kappa shape index (κ2) is 6.73. The number of benzene rings is 3. The Hall–Kier alpha value is -2.98. The molecule has 0 saturated carbocycles. The third kappa shape index (κ3) is 2.89. The van der Waals surface area contributed by atoms with Gasteiger partial charge in [-0.05, 0) is 34.4 Å². The van der Waals surface area contributed by atoms with Crippen molar-refractivity contribution < 1.29 is 14.6 Å². The van der Waals surface area contributed by atoms with E-state index in [4.69, 9.17) is 16.3 Å². The van der Waals surface area contributed by atoms with Crippen molar-refractivity contribution in [1.82, 2.24) is 0 Å². The highest BCUT2D eigenvalue weighted by atomic mass is 35.5. The van der Waals surface area contributed by atoms with Gasteiger partial charge < -0.3 is 9.84 Å². The smallest absolute Gasteiger partial charge is 0.411 e. The number of ether oxygens (including phenoxy) is 1. The van der Waals surface area contributed by atoms with Gasteiger partial charge in [-0.2, -0.15) is 0 Å². The Morgan fingerprint density at radius 2 is 1.58 bits per heavy atom. The van der Waals surface area contributed by atoms with Crippen molar-refractivity contribution in [1.29, 1.82) is 0 Å². The minimum Gasteiger partial charge on any atom is -0.504 e. The molecule has 3 aromatic rings. The standard InChI is InChI=1S/C21H16ClNO3/c22-18-10-5-11-19(20(18)24)23-21(25)26-12-17-15-8-3-1-6-13(15)14-7-2-4-9-16(14)17/h1-11,17,24H,12H2,(H,23,25). The van der Waals surface area contributed by atoms with Gasteiger partial charge in [0.25, 0.3) is 0 Å². The van der Waals surface area contributed by atoms with Crippen LogP contribution in [0.25, 0.3) is 11.1 Å². The fraction of sp³-hybridized carbons (Fsp3) is 0.0952. The summed E-state index contributed by atoms with van der Waals surface area (Å²) in [4.78, 5) is 12.2. The fourth-order valence-electron chi connectivity index (χ4n) is 3.36. The number of phenols is 1. The zero-order valence-corrected chi connectivity index (χ0v) is 14.5. The van der Waals surface area contributed by atoms with E-state index in [1.54, 1.807) is 18.2 Å². The Bertz CT molecular complexity index is 941. The summed E-state index contributed by atoms with van der Waals surface area (Å²) in [6, 6.07) is 21.0. The van der Waals surface area contributed by atoms with Gasteiger partial charge in [0.1, 0.15) is 6.61 Å². The number of phenolic OH excluding ortho intramolecular Hbond substituents is 1. The Balaban J connectivity index is 1.51. The van der Waals surface area contributed by atoms with Gasteiger partial charge in [-0.3, -0.25) is 5.32 Å². The van der Waals surface area contributed by atoms with Crippen molar-refractivity contribution in [3.63, 3.8) is 0 Å². The Morgan fingerprint density at radius 3 is 2.23 bits per heavy atom. The molecule has 2 N–H and O–H groups in total. The molecular weight excluding hydrogens is 350 g/mol. The predicted molar refractivity (Wildman–Crippen MR) is 102 cm³/mol. The minimum absolute atomic E-state index is 0.0129. The van der Waals surface area contributed by atoms with Crippen LogP contribution in [-0.2, 0) is 4.74 Å². The quantitative estimate of drug-likeness (QED) is 0.610. The summed E-state index contributed by atoms with van der Waals surface area (Å²) < 4.78 is 5.43. The second-order valence-electron chi connectivity index (χ2n) is 6.09. The molecule has 4 nitrogen and oxygen atoms in total. The molecule has 1 aliphatic rings. The lowest BCUT2D eigenvalue weighted by Gasteiger charge is -2.15. The predicted octanol–water partition coefficient (Wildman–Crippen LogP) is 5.41. The van der Waals surface area contributed by atoms with E-state index in [1.165, 1.54) is 11.1 Å². The number of nitrogens with one attached hydrogen (secondary N) is 1. The van der Waals surface area contributed by atoms with E-state index in [2.05, 4.69) is 29.6 Å². The van der Waals surface area contributed by atoms with Gasteiger partial charge in [0, 0.05) is 5.92 Å². The lowest BCUT2D eigenvalue weighted by Crippen LogP contribution is -2.18. The largest absolute Gasteiger partial charge is 0.504 e. The van der Waals surface area contributed by atoms with Crippen LogP contribution in [-0.4, -0.2) is 17.8 Å². The Morgan fingerprint density at radius 1 is 0.962 bits per heavy atom. The second-order valence-corrected chi connectivity index (χ2v) is 6.49. The first-order valence-corrected chi connectivity index (χ1v) is 8.62. The van der Waals surface area contributed by atoms with Gasteiger partial charge in [0.2, 0.25) is 0 Å². The van der Waals surface area contributed by atoms with Crippen molar-refractivity contribution in [3.8, 4) is 16.9 Å². The summed E-state index contributed by atoms with van der Waals surface area (Å²) in [5, 5.41) is 12.6. The molecule has 130 valence electrons. The zero-order valence-electron chi connectivity index (χ0n) is 13.8. The van der Waals surface area contributed by atoms with E-state index in [0.717, 1.165) is 11.1 Å². The highest BCUT2D eigenvalue weighted by Crippen LogP contribution is 2.44. The number of halogens is 1. The van der Waals surface area contributed by atoms with Crippen LogP contribution in [0, 0.1) is 0 Å². The molecule has 0 heterocycles. The molecule has 1 aliphatic carbocycles. The van der Waals surface area contributed by atoms with Gasteiger partial charge >= 0.3 is 6.09 Å². The average Bonchev–Trinajstić information content (AvgIpc) is 2.98. The van der Waals surface area contributed by atoms with E-state index in [0.29, 0.717) is 0 Å². The fourth-order valence-corrected chi connectivity index (χ4v) is 3.54. The molecule has 4 rings (SSSR count). The SMILES string of the molecule is O=C(Nc1cccc(Cl)c1O)OCC1c2ccccc2-c2ccccc21. The van der Waals surface area contributed by atoms with Crippen LogP contribution in [0.3, 0.4) is 0 Å². The zero-order chi connectivity index (χ0) is 18.1. The third-order valence-electron chi connectivity index (χ3n) is 4.57. The summed E-state index contributed by atoms with van der Waals surface area (Å²) >= 11 is 5.85. The molecule has 3 aromatic carbocycles. The lowest BCUT2D eigenvalue weighted by molar-refractivity contribution is 0.158. The molecule has 0 aromatic heterocycles. The van der Waals surface area contributed by atoms with E-state index in [9.17, 15) is 9.90 Å². The van der Waals surface area contributed by atoms with Crippen LogP contribution in [0.4, 0.5) is 10.5 Å². The van der Waals surface area contributed by atoms with Gasteiger partial charge in [-0.1, -0.05) is 66.2 Å². The summed E-state index contributed by atoms with van der Waals surface area (Å²) in [5.41, 5.74) is 4.85. The van der Waals surface area contributed by atoms with Crippen molar-refractivity contribution in [2.24, 2.45) is 0 Å². The van der Waals surface area contributed by atoms with Crippen molar-refractivity contribution in [2.75, 3.05) is 11.9 Å². The van der Waals surface area contributed by atoms with Gasteiger partial charge in [-0.15, -0.1) is 0 Å². The number of anilines is 1. The Labute approximate surface area is 156 Å². The van der Waals surface area contributed by atoms with E-state index >= 15 is 0 Å². The number of amides is 1. The maximum absolute atomic E-state index is 12.2. The number of aromatic hydroxyl groups is 1. The molecule has 0 fully saturated rings. The van der Waals surface area contributed by atoms with Crippen LogP contribution in [0.15, 0.2) is 66.7 Å². The Kier molecular flexibility index (Phi) is 4.27. The number of fused-ring (bicyclic) bond motifs is 3. The first-order valence-electron chi connectivity index (χ1n) is 8.24. The summed E-state index contributed by atoms with van der Waals surface area (Å²) in [6.07, 6.45) is -0.635. The molecule has 0 aliphatic heterocycles. The molecule has 26 heavy (non-hydrogen) atoms. The summed E-state index contributed by atoms with van der Waals surface area (Å²) in [5.74, 6) is -0.191. The molecule has 1 amide bonds. The topological polar surface area (TPSA) is 58.6 Å². The van der Waals surface area contributed by atoms with Crippen LogP contribution < -0.4 is 5.32 Å². The number of hydrogen-bond donors (Lipinski definition) is 2. The number of carbonyl (C=O) groups is 1. The van der Waals surface area contributed by atoms with E-state index in [-0.39, 0.29) is 29.0 Å². The third-order valence-corrected chi connectivity index (χ3v) is 4.87. The highest BCUT2D eigenvalue weighted by Gasteiger charge is 2.29. The van der Waals surface area contributed by atoms with Crippen LogP contribution in [0.1, 0.15) is 17.0 Å². The summed E-state index contributed by atoms with van der Waals surface area (Å²) in [7, 11) is 0. The molecule has 0 spiro atoms. The van der Waals surface area contributed by atoms with Gasteiger partial charge in [0.15, 0.2) is 5.75 Å². The van der Waals surface area contributed by atoms with Crippen molar-refractivity contribution >= 4 is 23.4 Å². The lowest BCUT2D eigenvalue weighted by atomic mass is 9.98. The molecule has 5 heteroatoms. The minimum atomic E-state index is -0.635. The summed E-state index contributed by atoms with van der Waals surface area (Å²) in [6.45, 7) is 0.210.